The number of fused-ring (bicyclic) bond motifs is 1. The zero-order valence-electron chi connectivity index (χ0n) is 20.7. The van der Waals surface area contributed by atoms with Crippen molar-refractivity contribution in [2.75, 3.05) is 13.1 Å². The highest BCUT2D eigenvalue weighted by Gasteiger charge is 2.32. The third kappa shape index (κ3) is 5.17. The zero-order chi connectivity index (χ0) is 25.5. The van der Waals surface area contributed by atoms with Gasteiger partial charge in [0.2, 0.25) is 5.91 Å². The quantitative estimate of drug-likeness (QED) is 0.488. The second kappa shape index (κ2) is 9.56. The number of halogens is 1. The fourth-order valence-electron chi connectivity index (χ4n) is 4.60. The largest absolute Gasteiger partial charge is 0.348 e. The zero-order valence-corrected chi connectivity index (χ0v) is 22.3. The lowest BCUT2D eigenvalue weighted by Gasteiger charge is -2.35. The van der Waals surface area contributed by atoms with Gasteiger partial charge in [-0.05, 0) is 60.3 Å². The number of likely N-dealkylation sites (tertiary alicyclic amines) is 1. The SMILES string of the molecule is Cc1cc(C)c(CNC(=O)c2cc(Br)nc3c2cnn3C2CCN(C(=O)C(C)(C)C)CC2)c(=O)[nH]1. The molecule has 4 rings (SSSR count). The summed E-state index contributed by atoms with van der Waals surface area (Å²) in [5, 5.41) is 8.09. The average molecular weight is 543 g/mol. The number of amides is 2. The second-order valence-corrected chi connectivity index (χ2v) is 11.0. The summed E-state index contributed by atoms with van der Waals surface area (Å²) in [6.45, 7) is 10.9. The molecule has 4 heterocycles. The van der Waals surface area contributed by atoms with Crippen LogP contribution in [-0.4, -0.2) is 49.6 Å². The minimum Gasteiger partial charge on any atom is -0.348 e. The number of nitrogens with zero attached hydrogens (tertiary/aromatic N) is 4. The number of aryl methyl sites for hydroxylation is 2. The van der Waals surface area contributed by atoms with Crippen molar-refractivity contribution in [3.63, 3.8) is 0 Å². The summed E-state index contributed by atoms with van der Waals surface area (Å²) in [6, 6.07) is 3.64. The Balaban J connectivity index is 1.54. The molecule has 0 spiro atoms. The van der Waals surface area contributed by atoms with Crippen molar-refractivity contribution in [3.8, 4) is 0 Å². The van der Waals surface area contributed by atoms with E-state index < -0.39 is 5.41 Å². The topological polar surface area (TPSA) is 113 Å². The summed E-state index contributed by atoms with van der Waals surface area (Å²) in [6.07, 6.45) is 3.20. The number of aromatic amines is 1. The van der Waals surface area contributed by atoms with Crippen LogP contribution in [0.2, 0.25) is 0 Å². The molecule has 1 aliphatic rings. The van der Waals surface area contributed by atoms with Gasteiger partial charge in [-0.15, -0.1) is 0 Å². The van der Waals surface area contributed by atoms with Crippen LogP contribution in [0.1, 0.15) is 66.8 Å². The molecule has 1 fully saturated rings. The first-order valence-electron chi connectivity index (χ1n) is 11.8. The van der Waals surface area contributed by atoms with Crippen molar-refractivity contribution in [2.45, 2.75) is 60.0 Å². The van der Waals surface area contributed by atoms with E-state index in [-0.39, 0.29) is 30.0 Å². The van der Waals surface area contributed by atoms with E-state index in [1.165, 1.54) is 0 Å². The highest BCUT2D eigenvalue weighted by molar-refractivity contribution is 9.10. The van der Waals surface area contributed by atoms with Gasteiger partial charge in [-0.2, -0.15) is 5.10 Å². The first kappa shape index (κ1) is 25.1. The van der Waals surface area contributed by atoms with E-state index in [9.17, 15) is 14.4 Å². The maximum absolute atomic E-state index is 13.1. The lowest BCUT2D eigenvalue weighted by atomic mass is 9.93. The maximum Gasteiger partial charge on any atom is 0.253 e. The first-order valence-corrected chi connectivity index (χ1v) is 12.6. The van der Waals surface area contributed by atoms with Gasteiger partial charge < -0.3 is 15.2 Å². The van der Waals surface area contributed by atoms with Gasteiger partial charge in [0, 0.05) is 36.3 Å². The smallest absolute Gasteiger partial charge is 0.253 e. The third-order valence-corrected chi connectivity index (χ3v) is 6.85. The number of hydrogen-bond acceptors (Lipinski definition) is 5. The Hall–Kier alpha value is -3.01. The molecule has 2 N–H and O–H groups in total. The lowest BCUT2D eigenvalue weighted by molar-refractivity contribution is -0.140. The second-order valence-electron chi connectivity index (χ2n) is 10.2. The molecular formula is C25H31BrN6O3. The van der Waals surface area contributed by atoms with Gasteiger partial charge >= 0.3 is 0 Å². The summed E-state index contributed by atoms with van der Waals surface area (Å²) in [5.41, 5.74) is 2.60. The third-order valence-electron chi connectivity index (χ3n) is 6.44. The Bertz CT molecular complexity index is 1350. The van der Waals surface area contributed by atoms with Crippen LogP contribution in [0.25, 0.3) is 11.0 Å². The van der Waals surface area contributed by atoms with Crippen molar-refractivity contribution < 1.29 is 9.59 Å². The molecular weight excluding hydrogens is 512 g/mol. The van der Waals surface area contributed by atoms with Gasteiger partial charge in [0.15, 0.2) is 5.65 Å². The van der Waals surface area contributed by atoms with Crippen molar-refractivity contribution in [3.05, 3.63) is 55.7 Å². The summed E-state index contributed by atoms with van der Waals surface area (Å²) in [7, 11) is 0. The standard InChI is InChI=1S/C25H31BrN6O3/c1-14-10-15(2)29-23(34)18(14)12-27-22(33)17-11-20(26)30-21-19(17)13-28-32(21)16-6-8-31(9-7-16)24(35)25(3,4)5/h10-11,13,16H,6-9,12H2,1-5H3,(H,27,33)(H,29,34). The minimum absolute atomic E-state index is 0.0861. The van der Waals surface area contributed by atoms with Gasteiger partial charge in [-0.3, -0.25) is 14.4 Å². The normalized spacial score (nSPS) is 15.0. The molecule has 0 unspecified atom stereocenters. The van der Waals surface area contributed by atoms with E-state index in [1.54, 1.807) is 12.3 Å². The molecule has 0 atom stereocenters. The van der Waals surface area contributed by atoms with E-state index in [0.717, 1.165) is 24.1 Å². The number of carbonyl (C=O) groups is 2. The minimum atomic E-state index is -0.401. The molecule has 10 heteroatoms. The molecule has 0 aromatic carbocycles. The molecule has 0 saturated carbocycles. The molecule has 2 amide bonds. The predicted octanol–water partition coefficient (Wildman–Crippen LogP) is 3.64. The van der Waals surface area contributed by atoms with Crippen LogP contribution in [0.15, 0.2) is 27.7 Å². The molecule has 0 bridgehead atoms. The Morgan fingerprint density at radius 3 is 2.51 bits per heavy atom. The molecule has 1 saturated heterocycles. The summed E-state index contributed by atoms with van der Waals surface area (Å²) >= 11 is 3.43. The Morgan fingerprint density at radius 2 is 1.89 bits per heavy atom. The Labute approximate surface area is 212 Å². The Kier molecular flexibility index (Phi) is 6.86. The first-order chi connectivity index (χ1) is 16.5. The van der Waals surface area contributed by atoms with Crippen LogP contribution in [0, 0.1) is 19.3 Å². The van der Waals surface area contributed by atoms with Crippen LogP contribution < -0.4 is 10.9 Å². The fourth-order valence-corrected chi connectivity index (χ4v) is 4.99. The van der Waals surface area contributed by atoms with Crippen LogP contribution >= 0.6 is 15.9 Å². The van der Waals surface area contributed by atoms with Crippen LogP contribution in [0.4, 0.5) is 0 Å². The highest BCUT2D eigenvalue weighted by Crippen LogP contribution is 2.30. The van der Waals surface area contributed by atoms with Crippen LogP contribution in [0.5, 0.6) is 0 Å². The van der Waals surface area contributed by atoms with Crippen molar-refractivity contribution in [1.29, 1.82) is 0 Å². The summed E-state index contributed by atoms with van der Waals surface area (Å²) in [4.78, 5) is 47.4. The number of aromatic nitrogens is 4. The maximum atomic E-state index is 13.1. The number of nitrogens with one attached hydrogen (secondary N) is 2. The Morgan fingerprint density at radius 1 is 1.20 bits per heavy atom. The van der Waals surface area contributed by atoms with Crippen molar-refractivity contribution in [2.24, 2.45) is 5.41 Å². The van der Waals surface area contributed by atoms with Gasteiger partial charge in [0.1, 0.15) is 4.60 Å². The number of pyridine rings is 2. The number of H-pyrrole nitrogens is 1. The van der Waals surface area contributed by atoms with Gasteiger partial charge in [-0.25, -0.2) is 9.67 Å². The van der Waals surface area contributed by atoms with Crippen molar-refractivity contribution >= 4 is 38.8 Å². The molecule has 9 nitrogen and oxygen atoms in total. The lowest BCUT2D eigenvalue weighted by Crippen LogP contribution is -2.44. The van der Waals surface area contributed by atoms with Crippen LogP contribution in [0.3, 0.4) is 0 Å². The highest BCUT2D eigenvalue weighted by atomic mass is 79.9. The van der Waals surface area contributed by atoms with Crippen LogP contribution in [-0.2, 0) is 11.3 Å². The van der Waals surface area contributed by atoms with Gasteiger partial charge in [0.25, 0.3) is 11.5 Å². The average Bonchev–Trinajstić information content (AvgIpc) is 3.20. The summed E-state index contributed by atoms with van der Waals surface area (Å²) < 4.78 is 2.39. The van der Waals surface area contributed by atoms with E-state index >= 15 is 0 Å². The molecule has 35 heavy (non-hydrogen) atoms. The number of hydrogen-bond donors (Lipinski definition) is 2. The molecule has 3 aromatic heterocycles. The number of rotatable bonds is 4. The molecule has 0 aliphatic carbocycles. The van der Waals surface area contributed by atoms with Gasteiger partial charge in [-0.1, -0.05) is 20.8 Å². The molecule has 0 radical (unpaired) electrons. The van der Waals surface area contributed by atoms with E-state index in [2.05, 4.69) is 36.3 Å². The monoisotopic (exact) mass is 542 g/mol. The van der Waals surface area contributed by atoms with Gasteiger partial charge in [0.05, 0.1) is 23.2 Å². The number of piperidine rings is 1. The summed E-state index contributed by atoms with van der Waals surface area (Å²) in [5.74, 6) is -0.147. The molecule has 1 aliphatic heterocycles. The van der Waals surface area contributed by atoms with E-state index in [1.807, 2.05) is 50.3 Å². The predicted molar refractivity (Wildman–Crippen MR) is 137 cm³/mol. The van der Waals surface area contributed by atoms with Crippen molar-refractivity contribution in [1.82, 2.24) is 30.0 Å². The fraction of sp³-hybridized carbons (Fsp3) is 0.480. The van der Waals surface area contributed by atoms with E-state index in [4.69, 9.17) is 0 Å². The van der Waals surface area contributed by atoms with E-state index in [0.29, 0.717) is 39.9 Å². The molecule has 186 valence electrons. The molecule has 3 aromatic rings. The number of carbonyl (C=O) groups excluding carboxylic acids is 2.